The highest BCUT2D eigenvalue weighted by molar-refractivity contribution is 5.97. The van der Waals surface area contributed by atoms with Gasteiger partial charge in [0.1, 0.15) is 6.04 Å². The number of amides is 2. The zero-order valence-electron chi connectivity index (χ0n) is 14.3. The zero-order valence-corrected chi connectivity index (χ0v) is 14.3. The first-order valence-corrected chi connectivity index (χ1v) is 7.91. The van der Waals surface area contributed by atoms with Crippen molar-refractivity contribution < 1.29 is 14.1 Å². The molecule has 2 N–H and O–H groups in total. The number of nitrogens with zero attached hydrogens (tertiary/aromatic N) is 2. The van der Waals surface area contributed by atoms with E-state index in [2.05, 4.69) is 20.8 Å². The van der Waals surface area contributed by atoms with E-state index in [1.807, 2.05) is 13.8 Å². The van der Waals surface area contributed by atoms with Crippen molar-refractivity contribution >= 4 is 17.5 Å². The largest absolute Gasteiger partial charge is 0.340 e. The number of carbonyl (C=O) groups is 2. The molecular weight excluding hydrogens is 308 g/mol. The molecule has 24 heavy (non-hydrogen) atoms. The molecule has 2 aromatic rings. The van der Waals surface area contributed by atoms with Crippen LogP contribution in [0.3, 0.4) is 0 Å². The van der Waals surface area contributed by atoms with Crippen LogP contribution < -0.4 is 10.6 Å². The third-order valence-corrected chi connectivity index (χ3v) is 3.49. The molecule has 1 aromatic heterocycles. The van der Waals surface area contributed by atoms with Gasteiger partial charge in [-0.25, -0.2) is 0 Å². The van der Waals surface area contributed by atoms with E-state index in [0.717, 1.165) is 0 Å². The molecule has 1 atom stereocenters. The average Bonchev–Trinajstić information content (AvgIpc) is 2.98. The van der Waals surface area contributed by atoms with Gasteiger partial charge in [0.25, 0.3) is 5.91 Å². The standard InChI is InChI=1S/C17H22N4O3/c1-5-14(22)19-13-8-6-7-12(9-13)16(23)20-15(10(2)3)17-18-11(4)21-24-17/h6-10,15H,5H2,1-4H3,(H,19,22)(H,20,23). The van der Waals surface area contributed by atoms with Crippen molar-refractivity contribution in [3.8, 4) is 0 Å². The molecule has 0 bridgehead atoms. The number of hydrogen-bond donors (Lipinski definition) is 2. The van der Waals surface area contributed by atoms with Crippen LogP contribution in [0.25, 0.3) is 0 Å². The van der Waals surface area contributed by atoms with Gasteiger partial charge in [-0.2, -0.15) is 4.98 Å². The van der Waals surface area contributed by atoms with E-state index in [0.29, 0.717) is 29.4 Å². The first kappa shape index (κ1) is 17.7. The van der Waals surface area contributed by atoms with E-state index in [1.165, 1.54) is 0 Å². The van der Waals surface area contributed by atoms with Crippen molar-refractivity contribution in [3.05, 3.63) is 41.5 Å². The minimum atomic E-state index is -0.382. The van der Waals surface area contributed by atoms with Crippen LogP contribution in [0.5, 0.6) is 0 Å². The van der Waals surface area contributed by atoms with Gasteiger partial charge in [-0.05, 0) is 31.0 Å². The second-order valence-electron chi connectivity index (χ2n) is 5.86. The second kappa shape index (κ2) is 7.72. The first-order chi connectivity index (χ1) is 11.4. The molecule has 1 unspecified atom stereocenters. The number of benzene rings is 1. The summed E-state index contributed by atoms with van der Waals surface area (Å²) in [5, 5.41) is 9.42. The van der Waals surface area contributed by atoms with Gasteiger partial charge in [0.15, 0.2) is 5.82 Å². The molecule has 128 valence electrons. The van der Waals surface area contributed by atoms with Gasteiger partial charge in [0.05, 0.1) is 0 Å². The fourth-order valence-corrected chi connectivity index (χ4v) is 2.17. The Morgan fingerprint density at radius 2 is 2.04 bits per heavy atom. The van der Waals surface area contributed by atoms with Crippen molar-refractivity contribution in [1.82, 2.24) is 15.5 Å². The quantitative estimate of drug-likeness (QED) is 0.849. The summed E-state index contributed by atoms with van der Waals surface area (Å²) in [5.74, 6) is 0.614. The van der Waals surface area contributed by atoms with Crippen molar-refractivity contribution in [2.45, 2.75) is 40.2 Å². The normalized spacial score (nSPS) is 12.0. The third kappa shape index (κ3) is 4.41. The summed E-state index contributed by atoms with van der Waals surface area (Å²) in [6.07, 6.45) is 0.377. The number of hydrogen-bond acceptors (Lipinski definition) is 5. The van der Waals surface area contributed by atoms with Crippen LogP contribution in [-0.2, 0) is 4.79 Å². The maximum atomic E-state index is 12.5. The number of aromatic nitrogens is 2. The molecule has 7 nitrogen and oxygen atoms in total. The Kier molecular flexibility index (Phi) is 5.68. The van der Waals surface area contributed by atoms with E-state index in [-0.39, 0.29) is 23.8 Å². The molecule has 0 fully saturated rings. The van der Waals surface area contributed by atoms with Crippen LogP contribution >= 0.6 is 0 Å². The van der Waals surface area contributed by atoms with Gasteiger partial charge in [0, 0.05) is 17.7 Å². The molecule has 0 aliphatic heterocycles. The summed E-state index contributed by atoms with van der Waals surface area (Å²) >= 11 is 0. The number of aryl methyl sites for hydroxylation is 1. The minimum Gasteiger partial charge on any atom is -0.340 e. The van der Waals surface area contributed by atoms with E-state index in [1.54, 1.807) is 38.1 Å². The summed E-state index contributed by atoms with van der Waals surface area (Å²) < 4.78 is 5.18. The Morgan fingerprint density at radius 3 is 2.62 bits per heavy atom. The van der Waals surface area contributed by atoms with Crippen LogP contribution in [0.15, 0.2) is 28.8 Å². The predicted octanol–water partition coefficient (Wildman–Crippen LogP) is 2.85. The Morgan fingerprint density at radius 1 is 1.29 bits per heavy atom. The van der Waals surface area contributed by atoms with Crippen LogP contribution in [0, 0.1) is 12.8 Å². The van der Waals surface area contributed by atoms with E-state index in [9.17, 15) is 9.59 Å². The molecule has 0 aliphatic carbocycles. The van der Waals surface area contributed by atoms with Crippen LogP contribution in [0.2, 0.25) is 0 Å². The lowest BCUT2D eigenvalue weighted by atomic mass is 10.0. The lowest BCUT2D eigenvalue weighted by Gasteiger charge is -2.18. The molecule has 0 saturated carbocycles. The molecule has 1 heterocycles. The second-order valence-corrected chi connectivity index (χ2v) is 5.86. The number of anilines is 1. The molecule has 0 spiro atoms. The fourth-order valence-electron chi connectivity index (χ4n) is 2.17. The Balaban J connectivity index is 2.15. The van der Waals surface area contributed by atoms with Gasteiger partial charge in [-0.3, -0.25) is 9.59 Å². The molecule has 2 amide bonds. The van der Waals surface area contributed by atoms with Crippen molar-refractivity contribution in [1.29, 1.82) is 0 Å². The SMILES string of the molecule is CCC(=O)Nc1cccc(C(=O)NC(c2nc(C)no2)C(C)C)c1. The lowest BCUT2D eigenvalue weighted by Crippen LogP contribution is -2.32. The monoisotopic (exact) mass is 330 g/mol. The van der Waals surface area contributed by atoms with E-state index >= 15 is 0 Å². The summed E-state index contributed by atoms with van der Waals surface area (Å²) in [6.45, 7) is 7.42. The van der Waals surface area contributed by atoms with E-state index in [4.69, 9.17) is 4.52 Å². The van der Waals surface area contributed by atoms with Crippen LogP contribution in [0.1, 0.15) is 55.3 Å². The highest BCUT2D eigenvalue weighted by Crippen LogP contribution is 2.21. The fraction of sp³-hybridized carbons (Fsp3) is 0.412. The Labute approximate surface area is 140 Å². The molecule has 0 saturated heterocycles. The van der Waals surface area contributed by atoms with Crippen molar-refractivity contribution in [2.24, 2.45) is 5.92 Å². The van der Waals surface area contributed by atoms with Crippen molar-refractivity contribution in [2.75, 3.05) is 5.32 Å². The van der Waals surface area contributed by atoms with Gasteiger partial charge in [-0.15, -0.1) is 0 Å². The zero-order chi connectivity index (χ0) is 17.7. The Bertz CT molecular complexity index is 724. The lowest BCUT2D eigenvalue weighted by molar-refractivity contribution is -0.115. The smallest absolute Gasteiger partial charge is 0.252 e. The van der Waals surface area contributed by atoms with E-state index < -0.39 is 0 Å². The van der Waals surface area contributed by atoms with Crippen molar-refractivity contribution in [3.63, 3.8) is 0 Å². The first-order valence-electron chi connectivity index (χ1n) is 7.91. The van der Waals surface area contributed by atoms with Gasteiger partial charge in [0.2, 0.25) is 11.8 Å². The molecule has 7 heteroatoms. The van der Waals surface area contributed by atoms with Gasteiger partial charge >= 0.3 is 0 Å². The number of rotatable bonds is 6. The Hall–Kier alpha value is -2.70. The summed E-state index contributed by atoms with van der Waals surface area (Å²) in [6, 6.07) is 6.41. The summed E-state index contributed by atoms with van der Waals surface area (Å²) in [7, 11) is 0. The maximum Gasteiger partial charge on any atom is 0.252 e. The third-order valence-electron chi connectivity index (χ3n) is 3.49. The molecule has 0 radical (unpaired) electrons. The maximum absolute atomic E-state index is 12.5. The van der Waals surface area contributed by atoms with Gasteiger partial charge in [-0.1, -0.05) is 32.0 Å². The highest BCUT2D eigenvalue weighted by Gasteiger charge is 2.24. The molecule has 0 aliphatic rings. The van der Waals surface area contributed by atoms with Crippen LogP contribution in [-0.4, -0.2) is 22.0 Å². The predicted molar refractivity (Wildman–Crippen MR) is 89.4 cm³/mol. The molecular formula is C17H22N4O3. The molecule has 2 rings (SSSR count). The average molecular weight is 330 g/mol. The number of carbonyl (C=O) groups excluding carboxylic acids is 2. The topological polar surface area (TPSA) is 97.1 Å². The highest BCUT2D eigenvalue weighted by atomic mass is 16.5. The van der Waals surface area contributed by atoms with Crippen LogP contribution in [0.4, 0.5) is 5.69 Å². The number of nitrogens with one attached hydrogen (secondary N) is 2. The summed E-state index contributed by atoms with van der Waals surface area (Å²) in [5.41, 5.74) is 1.04. The minimum absolute atomic E-state index is 0.0803. The molecule has 1 aromatic carbocycles. The summed E-state index contributed by atoms with van der Waals surface area (Å²) in [4.78, 5) is 28.2. The van der Waals surface area contributed by atoms with Gasteiger partial charge < -0.3 is 15.2 Å².